The molecule has 0 radical (unpaired) electrons. The molecule has 3 aromatic rings. The minimum absolute atomic E-state index is 0.337. The van der Waals surface area contributed by atoms with Crippen molar-refractivity contribution >= 4 is 10.9 Å². The number of aromatic nitrogens is 3. The lowest BCUT2D eigenvalue weighted by molar-refractivity contribution is 0.206. The molecule has 0 aliphatic carbocycles. The van der Waals surface area contributed by atoms with Crippen LogP contribution in [0.5, 0.6) is 5.75 Å². The van der Waals surface area contributed by atoms with Gasteiger partial charge in [0, 0.05) is 28.9 Å². The molecule has 0 aromatic carbocycles. The van der Waals surface area contributed by atoms with Crippen LogP contribution in [0, 0.1) is 5.92 Å². The van der Waals surface area contributed by atoms with Crippen LogP contribution < -0.4 is 10.5 Å². The maximum absolute atomic E-state index is 6.28. The highest BCUT2D eigenvalue weighted by Gasteiger charge is 2.21. The number of nitrogens with zero attached hydrogens (tertiary/aromatic N) is 2. The molecule has 0 spiro atoms. The second-order valence-corrected chi connectivity index (χ2v) is 7.04. The van der Waals surface area contributed by atoms with E-state index in [4.69, 9.17) is 10.5 Å². The average Bonchev–Trinajstić information content (AvgIpc) is 2.96. The summed E-state index contributed by atoms with van der Waals surface area (Å²) in [7, 11) is 0. The zero-order chi connectivity index (χ0) is 17.2. The third kappa shape index (κ3) is 3.74. The SMILES string of the molecule is CC(C)C[C@](C)(N)COc1ccc(-c2c[nH]c3cnccc23)nc1. The van der Waals surface area contributed by atoms with Gasteiger partial charge in [-0.05, 0) is 37.5 Å². The predicted octanol–water partition coefficient (Wildman–Crippen LogP) is 3.77. The fraction of sp³-hybridized carbons (Fsp3) is 0.368. The van der Waals surface area contributed by atoms with Crippen molar-refractivity contribution in [3.63, 3.8) is 0 Å². The number of hydrogen-bond donors (Lipinski definition) is 2. The van der Waals surface area contributed by atoms with E-state index in [1.165, 1.54) is 0 Å². The predicted molar refractivity (Wildman–Crippen MR) is 96.9 cm³/mol. The van der Waals surface area contributed by atoms with Crippen LogP contribution in [0.2, 0.25) is 0 Å². The van der Waals surface area contributed by atoms with Crippen LogP contribution in [0.15, 0.2) is 43.0 Å². The van der Waals surface area contributed by atoms with Crippen LogP contribution >= 0.6 is 0 Å². The maximum atomic E-state index is 6.28. The van der Waals surface area contributed by atoms with Gasteiger partial charge < -0.3 is 15.5 Å². The summed E-state index contributed by atoms with van der Waals surface area (Å²) in [5.74, 6) is 1.28. The van der Waals surface area contributed by atoms with Gasteiger partial charge in [0.2, 0.25) is 0 Å². The molecule has 0 aliphatic heterocycles. The molecule has 3 N–H and O–H groups in total. The van der Waals surface area contributed by atoms with Gasteiger partial charge in [-0.1, -0.05) is 13.8 Å². The molecule has 0 bridgehead atoms. The average molecular weight is 324 g/mol. The van der Waals surface area contributed by atoms with Gasteiger partial charge in [0.1, 0.15) is 12.4 Å². The highest BCUT2D eigenvalue weighted by atomic mass is 16.5. The van der Waals surface area contributed by atoms with E-state index >= 15 is 0 Å². The number of H-pyrrole nitrogens is 1. The molecule has 0 fully saturated rings. The first-order valence-corrected chi connectivity index (χ1v) is 8.24. The first-order chi connectivity index (χ1) is 11.4. The standard InChI is InChI=1S/C19H24N4O/c1-13(2)8-19(3,20)12-24-14-4-5-17(22-9-14)16-10-23-18-11-21-7-6-15(16)18/h4-7,9-11,13,23H,8,12,20H2,1-3H3/t19-/m0/s1. The largest absolute Gasteiger partial charge is 0.490 e. The Hall–Kier alpha value is -2.40. The summed E-state index contributed by atoms with van der Waals surface area (Å²) in [6.07, 6.45) is 8.22. The summed E-state index contributed by atoms with van der Waals surface area (Å²) in [4.78, 5) is 11.9. The van der Waals surface area contributed by atoms with Crippen LogP contribution in [0.1, 0.15) is 27.2 Å². The zero-order valence-corrected chi connectivity index (χ0v) is 14.4. The first kappa shape index (κ1) is 16.5. The lowest BCUT2D eigenvalue weighted by Crippen LogP contribution is -2.43. The molecule has 0 saturated carbocycles. The summed E-state index contributed by atoms with van der Waals surface area (Å²) in [5.41, 5.74) is 8.90. The monoisotopic (exact) mass is 324 g/mol. The first-order valence-electron chi connectivity index (χ1n) is 8.24. The van der Waals surface area contributed by atoms with Crippen LogP contribution in [-0.4, -0.2) is 27.1 Å². The van der Waals surface area contributed by atoms with Gasteiger partial charge in [-0.15, -0.1) is 0 Å². The Morgan fingerprint density at radius 2 is 2.08 bits per heavy atom. The van der Waals surface area contributed by atoms with Crippen LogP contribution in [0.4, 0.5) is 0 Å². The van der Waals surface area contributed by atoms with E-state index in [-0.39, 0.29) is 5.54 Å². The molecule has 0 amide bonds. The molecule has 24 heavy (non-hydrogen) atoms. The quantitative estimate of drug-likeness (QED) is 0.723. The molecule has 5 nitrogen and oxygen atoms in total. The fourth-order valence-electron chi connectivity index (χ4n) is 3.05. The number of aromatic amines is 1. The molecule has 126 valence electrons. The summed E-state index contributed by atoms with van der Waals surface area (Å²) in [6.45, 7) is 6.83. The van der Waals surface area contributed by atoms with E-state index < -0.39 is 0 Å². The number of fused-ring (bicyclic) bond motifs is 1. The molecule has 0 saturated heterocycles. The van der Waals surface area contributed by atoms with Crippen molar-refractivity contribution in [3.05, 3.63) is 43.0 Å². The van der Waals surface area contributed by atoms with Crippen molar-refractivity contribution in [2.24, 2.45) is 11.7 Å². The van der Waals surface area contributed by atoms with Crippen molar-refractivity contribution in [1.82, 2.24) is 15.0 Å². The maximum Gasteiger partial charge on any atom is 0.137 e. The molecular weight excluding hydrogens is 300 g/mol. The third-order valence-corrected chi connectivity index (χ3v) is 3.94. The molecule has 3 heterocycles. The van der Waals surface area contributed by atoms with Crippen molar-refractivity contribution < 1.29 is 4.74 Å². The number of rotatable bonds is 6. The summed E-state index contributed by atoms with van der Waals surface area (Å²) in [5, 5.41) is 1.11. The van der Waals surface area contributed by atoms with Crippen molar-refractivity contribution in [2.75, 3.05) is 6.61 Å². The molecular formula is C19H24N4O. The minimum Gasteiger partial charge on any atom is -0.490 e. The van der Waals surface area contributed by atoms with E-state index in [0.717, 1.165) is 34.3 Å². The van der Waals surface area contributed by atoms with Crippen LogP contribution in [0.3, 0.4) is 0 Å². The number of hydrogen-bond acceptors (Lipinski definition) is 4. The molecule has 3 aromatic heterocycles. The highest BCUT2D eigenvalue weighted by molar-refractivity contribution is 5.93. The third-order valence-electron chi connectivity index (χ3n) is 3.94. The normalized spacial score (nSPS) is 14.0. The summed E-state index contributed by atoms with van der Waals surface area (Å²) in [6, 6.07) is 5.89. The number of nitrogens with one attached hydrogen (secondary N) is 1. The molecule has 5 heteroatoms. The van der Waals surface area contributed by atoms with Gasteiger partial charge in [0.15, 0.2) is 0 Å². The van der Waals surface area contributed by atoms with Gasteiger partial charge in [-0.25, -0.2) is 0 Å². The lowest BCUT2D eigenvalue weighted by atomic mass is 9.93. The van der Waals surface area contributed by atoms with Crippen LogP contribution in [-0.2, 0) is 0 Å². The molecule has 0 unspecified atom stereocenters. The molecule has 0 aliphatic rings. The number of ether oxygens (including phenoxy) is 1. The number of pyridine rings is 2. The Balaban J connectivity index is 1.72. The van der Waals surface area contributed by atoms with Gasteiger partial charge in [0.25, 0.3) is 0 Å². The van der Waals surface area contributed by atoms with Crippen molar-refractivity contribution in [2.45, 2.75) is 32.7 Å². The van der Waals surface area contributed by atoms with E-state index in [1.807, 2.05) is 37.5 Å². The van der Waals surface area contributed by atoms with E-state index in [0.29, 0.717) is 12.5 Å². The van der Waals surface area contributed by atoms with Gasteiger partial charge in [-0.2, -0.15) is 0 Å². The Labute approximate surface area is 142 Å². The molecule has 1 atom stereocenters. The Morgan fingerprint density at radius 3 is 2.79 bits per heavy atom. The van der Waals surface area contributed by atoms with Gasteiger partial charge in [0.05, 0.1) is 23.6 Å². The number of nitrogens with two attached hydrogens (primary N) is 1. The van der Waals surface area contributed by atoms with E-state index in [1.54, 1.807) is 12.4 Å². The van der Waals surface area contributed by atoms with Gasteiger partial charge >= 0.3 is 0 Å². The van der Waals surface area contributed by atoms with E-state index in [9.17, 15) is 0 Å². The Bertz CT molecular complexity index is 806. The van der Waals surface area contributed by atoms with Crippen LogP contribution in [0.25, 0.3) is 22.2 Å². The Kier molecular flexibility index (Phi) is 4.53. The fourth-order valence-corrected chi connectivity index (χ4v) is 3.05. The second-order valence-electron chi connectivity index (χ2n) is 7.04. The molecule has 3 rings (SSSR count). The summed E-state index contributed by atoms with van der Waals surface area (Å²) >= 11 is 0. The van der Waals surface area contributed by atoms with E-state index in [2.05, 4.69) is 28.8 Å². The zero-order valence-electron chi connectivity index (χ0n) is 14.4. The summed E-state index contributed by atoms with van der Waals surface area (Å²) < 4.78 is 5.83. The van der Waals surface area contributed by atoms with Gasteiger partial charge in [-0.3, -0.25) is 9.97 Å². The highest BCUT2D eigenvalue weighted by Crippen LogP contribution is 2.27. The Morgan fingerprint density at radius 1 is 1.25 bits per heavy atom. The lowest BCUT2D eigenvalue weighted by Gasteiger charge is -2.26. The van der Waals surface area contributed by atoms with Crippen molar-refractivity contribution in [1.29, 1.82) is 0 Å². The minimum atomic E-state index is -0.337. The smallest absolute Gasteiger partial charge is 0.137 e. The topological polar surface area (TPSA) is 76.8 Å². The van der Waals surface area contributed by atoms with Crippen molar-refractivity contribution in [3.8, 4) is 17.0 Å². The second kappa shape index (κ2) is 6.61.